The van der Waals surface area contributed by atoms with E-state index in [0.29, 0.717) is 18.8 Å². The van der Waals surface area contributed by atoms with Gasteiger partial charge in [-0.1, -0.05) is 40.5 Å². The second kappa shape index (κ2) is 10.0. The Kier molecular flexibility index (Phi) is 7.68. The molecule has 30 heavy (non-hydrogen) atoms. The molecule has 2 aromatic carbocycles. The fourth-order valence-corrected chi connectivity index (χ4v) is 5.37. The summed E-state index contributed by atoms with van der Waals surface area (Å²) in [6.07, 6.45) is 2.83. The summed E-state index contributed by atoms with van der Waals surface area (Å²) in [5.74, 6) is -0.216. The first-order chi connectivity index (χ1) is 14.3. The van der Waals surface area contributed by atoms with Gasteiger partial charge in [-0.15, -0.1) is 0 Å². The molecule has 0 saturated carbocycles. The van der Waals surface area contributed by atoms with Gasteiger partial charge in [0.15, 0.2) is 0 Å². The molecule has 0 unspecified atom stereocenters. The molecule has 1 heterocycles. The van der Waals surface area contributed by atoms with Crippen molar-refractivity contribution in [3.8, 4) is 0 Å². The van der Waals surface area contributed by atoms with Crippen molar-refractivity contribution in [2.45, 2.75) is 50.1 Å². The maximum atomic E-state index is 12.9. The van der Waals surface area contributed by atoms with Crippen molar-refractivity contribution in [1.29, 1.82) is 0 Å². The first-order valence-electron chi connectivity index (χ1n) is 10.2. The number of halogens is 1. The van der Waals surface area contributed by atoms with Gasteiger partial charge in [0.1, 0.15) is 0 Å². The molecule has 1 aliphatic heterocycles. The summed E-state index contributed by atoms with van der Waals surface area (Å²) >= 11 is 3.42. The number of nitrogens with one attached hydrogen (secondary N) is 2. The lowest BCUT2D eigenvalue weighted by Gasteiger charge is -2.26. The number of hydrogen-bond donors (Lipinski definition) is 2. The van der Waals surface area contributed by atoms with E-state index in [4.69, 9.17) is 0 Å². The minimum absolute atomic E-state index is 0.00957. The highest BCUT2D eigenvalue weighted by atomic mass is 79.9. The molecule has 162 valence electrons. The number of hydrogen-bond acceptors (Lipinski definition) is 4. The molecule has 1 fully saturated rings. The highest BCUT2D eigenvalue weighted by Gasteiger charge is 2.26. The van der Waals surface area contributed by atoms with E-state index < -0.39 is 16.1 Å². The molecule has 2 atom stereocenters. The zero-order chi connectivity index (χ0) is 21.7. The fraction of sp³-hybridized carbons (Fsp3) is 0.409. The molecule has 2 aromatic rings. The van der Waals surface area contributed by atoms with E-state index >= 15 is 0 Å². The average molecular weight is 494 g/mol. The van der Waals surface area contributed by atoms with Crippen LogP contribution in [0.5, 0.6) is 0 Å². The van der Waals surface area contributed by atoms with E-state index in [9.17, 15) is 13.2 Å². The van der Waals surface area contributed by atoms with Gasteiger partial charge in [-0.25, -0.2) is 8.42 Å². The number of rotatable bonds is 7. The maximum Gasteiger partial charge on any atom is 0.243 e. The largest absolute Gasteiger partial charge is 0.325 e. The van der Waals surface area contributed by atoms with Crippen molar-refractivity contribution >= 4 is 37.5 Å². The molecule has 0 radical (unpaired) electrons. The van der Waals surface area contributed by atoms with Gasteiger partial charge in [-0.3, -0.25) is 10.1 Å². The molecule has 3 rings (SSSR count). The molecular formula is C22H28BrN3O3S. The summed E-state index contributed by atoms with van der Waals surface area (Å²) in [4.78, 5) is 12.9. The Morgan fingerprint density at radius 2 is 1.70 bits per heavy atom. The van der Waals surface area contributed by atoms with Crippen LogP contribution < -0.4 is 10.6 Å². The molecular weight excluding hydrogens is 466 g/mol. The molecule has 1 aliphatic rings. The van der Waals surface area contributed by atoms with E-state index in [1.54, 1.807) is 25.1 Å². The number of anilines is 1. The second-order valence-corrected chi connectivity index (χ2v) is 10.5. The van der Waals surface area contributed by atoms with Crippen LogP contribution in [-0.4, -0.2) is 37.8 Å². The van der Waals surface area contributed by atoms with Crippen LogP contribution in [0.25, 0.3) is 0 Å². The minimum atomic E-state index is -3.54. The molecule has 0 aliphatic carbocycles. The first kappa shape index (κ1) is 22.9. The number of nitrogens with zero attached hydrogens (tertiary/aromatic N) is 1. The van der Waals surface area contributed by atoms with Gasteiger partial charge in [-0.2, -0.15) is 4.31 Å². The third-order valence-corrected chi connectivity index (χ3v) is 7.74. The molecule has 8 heteroatoms. The average Bonchev–Trinajstić information content (AvgIpc) is 2.75. The normalized spacial score (nSPS) is 17.3. The number of carbonyl (C=O) groups excluding carboxylic acids is 1. The number of amides is 1. The molecule has 1 amide bonds. The van der Waals surface area contributed by atoms with E-state index in [1.807, 2.05) is 31.2 Å². The Hall–Kier alpha value is -1.74. The van der Waals surface area contributed by atoms with Crippen LogP contribution in [-0.2, 0) is 14.8 Å². The van der Waals surface area contributed by atoms with E-state index in [2.05, 4.69) is 26.6 Å². The van der Waals surface area contributed by atoms with Crippen LogP contribution in [0.2, 0.25) is 0 Å². The number of piperidine rings is 1. The number of benzene rings is 2. The van der Waals surface area contributed by atoms with Crippen LogP contribution in [0.3, 0.4) is 0 Å². The smallest absolute Gasteiger partial charge is 0.243 e. The SMILES string of the molecule is C[C@H](N[C@H](C)c1ccc(Br)cc1)C(=O)Nc1cccc(S(=O)(=O)N2CCCCC2)c1. The summed E-state index contributed by atoms with van der Waals surface area (Å²) < 4.78 is 28.3. The van der Waals surface area contributed by atoms with Gasteiger partial charge in [0, 0.05) is 29.3 Å². The van der Waals surface area contributed by atoms with Crippen LogP contribution in [0.1, 0.15) is 44.7 Å². The lowest BCUT2D eigenvalue weighted by molar-refractivity contribution is -0.117. The Labute approximate surface area is 187 Å². The first-order valence-corrected chi connectivity index (χ1v) is 12.4. The number of carbonyl (C=O) groups is 1. The third-order valence-electron chi connectivity index (χ3n) is 5.32. The Balaban J connectivity index is 1.64. The quantitative estimate of drug-likeness (QED) is 0.602. The van der Waals surface area contributed by atoms with E-state index in [1.165, 1.54) is 10.4 Å². The van der Waals surface area contributed by atoms with Gasteiger partial charge in [0.25, 0.3) is 0 Å². The van der Waals surface area contributed by atoms with Gasteiger partial charge in [0.05, 0.1) is 10.9 Å². The van der Waals surface area contributed by atoms with Crippen molar-refractivity contribution in [3.05, 3.63) is 58.6 Å². The van der Waals surface area contributed by atoms with E-state index in [0.717, 1.165) is 29.3 Å². The van der Waals surface area contributed by atoms with Gasteiger partial charge < -0.3 is 5.32 Å². The van der Waals surface area contributed by atoms with Crippen molar-refractivity contribution in [2.75, 3.05) is 18.4 Å². The minimum Gasteiger partial charge on any atom is -0.325 e. The third kappa shape index (κ3) is 5.69. The van der Waals surface area contributed by atoms with Gasteiger partial charge >= 0.3 is 0 Å². The van der Waals surface area contributed by atoms with Gasteiger partial charge in [0.2, 0.25) is 15.9 Å². The summed E-state index contributed by atoms with van der Waals surface area (Å²) in [6, 6.07) is 14.0. The summed E-state index contributed by atoms with van der Waals surface area (Å²) in [6.45, 7) is 4.89. The highest BCUT2D eigenvalue weighted by Crippen LogP contribution is 2.23. The Morgan fingerprint density at radius 1 is 1.03 bits per heavy atom. The lowest BCUT2D eigenvalue weighted by Crippen LogP contribution is -2.39. The van der Waals surface area contributed by atoms with Crippen LogP contribution in [0, 0.1) is 0 Å². The predicted octanol–water partition coefficient (Wildman–Crippen LogP) is 4.30. The van der Waals surface area contributed by atoms with Crippen LogP contribution in [0.15, 0.2) is 57.9 Å². The lowest BCUT2D eigenvalue weighted by atomic mass is 10.1. The van der Waals surface area contributed by atoms with Crippen molar-refractivity contribution in [1.82, 2.24) is 9.62 Å². The molecule has 2 N–H and O–H groups in total. The molecule has 0 bridgehead atoms. The molecule has 6 nitrogen and oxygen atoms in total. The van der Waals surface area contributed by atoms with Crippen molar-refractivity contribution < 1.29 is 13.2 Å². The predicted molar refractivity (Wildman–Crippen MR) is 123 cm³/mol. The summed E-state index contributed by atoms with van der Waals surface area (Å²) in [5.41, 5.74) is 1.55. The molecule has 0 spiro atoms. The summed E-state index contributed by atoms with van der Waals surface area (Å²) in [7, 11) is -3.54. The fourth-order valence-electron chi connectivity index (χ4n) is 3.54. The standard InChI is InChI=1S/C22H28BrN3O3S/c1-16(18-9-11-19(23)12-10-18)24-17(2)22(27)25-20-7-6-8-21(15-20)30(28,29)26-13-4-3-5-14-26/h6-12,15-17,24H,3-5,13-14H2,1-2H3,(H,25,27)/t16-,17+/m1/s1. The van der Waals surface area contributed by atoms with Crippen molar-refractivity contribution in [2.24, 2.45) is 0 Å². The van der Waals surface area contributed by atoms with Crippen LogP contribution >= 0.6 is 15.9 Å². The molecule has 1 saturated heterocycles. The monoisotopic (exact) mass is 493 g/mol. The zero-order valence-corrected chi connectivity index (χ0v) is 19.7. The zero-order valence-electron chi connectivity index (χ0n) is 17.3. The topological polar surface area (TPSA) is 78.5 Å². The molecule has 0 aromatic heterocycles. The van der Waals surface area contributed by atoms with Crippen molar-refractivity contribution in [3.63, 3.8) is 0 Å². The second-order valence-electron chi connectivity index (χ2n) is 7.64. The summed E-state index contributed by atoms with van der Waals surface area (Å²) in [5, 5.41) is 6.11. The highest BCUT2D eigenvalue weighted by molar-refractivity contribution is 9.10. The maximum absolute atomic E-state index is 12.9. The Bertz CT molecular complexity index is 973. The van der Waals surface area contributed by atoms with Gasteiger partial charge in [-0.05, 0) is 62.6 Å². The number of sulfonamides is 1. The van der Waals surface area contributed by atoms with Crippen LogP contribution in [0.4, 0.5) is 5.69 Å². The Morgan fingerprint density at radius 3 is 2.37 bits per heavy atom. The van der Waals surface area contributed by atoms with E-state index in [-0.39, 0.29) is 16.8 Å².